The first kappa shape index (κ1) is 15.3. The molecule has 5 nitrogen and oxygen atoms in total. The number of fused-ring (bicyclic) bond motifs is 2. The number of hydrogen-bond donors (Lipinski definition) is 0. The van der Waals surface area contributed by atoms with Crippen molar-refractivity contribution < 1.29 is 14.3 Å². The Balaban J connectivity index is 1.35. The summed E-state index contributed by atoms with van der Waals surface area (Å²) in [4.78, 5) is 29.9. The lowest BCUT2D eigenvalue weighted by molar-refractivity contribution is 0.0647. The van der Waals surface area contributed by atoms with Gasteiger partial charge in [0.25, 0.3) is 11.8 Å². The summed E-state index contributed by atoms with van der Waals surface area (Å²) < 4.78 is 5.74. The van der Waals surface area contributed by atoms with Crippen molar-refractivity contribution in [3.63, 3.8) is 0 Å². The molecule has 0 bridgehead atoms. The van der Waals surface area contributed by atoms with Crippen LogP contribution in [-0.4, -0.2) is 34.8 Å². The van der Waals surface area contributed by atoms with Gasteiger partial charge in [-0.1, -0.05) is 18.2 Å². The molecular formula is C20H16N2O3. The van der Waals surface area contributed by atoms with Gasteiger partial charge in [0.1, 0.15) is 5.75 Å². The van der Waals surface area contributed by atoms with E-state index in [1.54, 1.807) is 36.7 Å². The van der Waals surface area contributed by atoms with Crippen LogP contribution in [0, 0.1) is 0 Å². The van der Waals surface area contributed by atoms with E-state index < -0.39 is 0 Å². The molecule has 0 aliphatic carbocycles. The summed E-state index contributed by atoms with van der Waals surface area (Å²) in [7, 11) is 0. The number of pyridine rings is 1. The number of carbonyl (C=O) groups is 2. The number of hydrogen-bond acceptors (Lipinski definition) is 4. The average Bonchev–Trinajstić information content (AvgIpc) is 2.90. The zero-order valence-electron chi connectivity index (χ0n) is 13.5. The SMILES string of the molecule is O=C1c2ccccc2C(=O)N1CCCOc1ccc2ccncc2c1. The first-order valence-electron chi connectivity index (χ1n) is 8.16. The minimum atomic E-state index is -0.225. The van der Waals surface area contributed by atoms with Gasteiger partial charge in [-0.2, -0.15) is 0 Å². The van der Waals surface area contributed by atoms with Crippen molar-refractivity contribution in [2.75, 3.05) is 13.2 Å². The summed E-state index contributed by atoms with van der Waals surface area (Å²) in [5, 5.41) is 2.12. The predicted octanol–water partition coefficient (Wildman–Crippen LogP) is 3.30. The molecule has 25 heavy (non-hydrogen) atoms. The number of ether oxygens (including phenoxy) is 1. The Kier molecular flexibility index (Phi) is 3.90. The lowest BCUT2D eigenvalue weighted by Gasteiger charge is -2.14. The second-order valence-electron chi connectivity index (χ2n) is 5.89. The Morgan fingerprint density at radius 1 is 0.920 bits per heavy atom. The van der Waals surface area contributed by atoms with E-state index in [9.17, 15) is 9.59 Å². The number of carbonyl (C=O) groups excluding carboxylic acids is 2. The Labute approximate surface area is 144 Å². The maximum atomic E-state index is 12.3. The molecule has 5 heteroatoms. The second-order valence-corrected chi connectivity index (χ2v) is 5.89. The molecule has 2 aromatic carbocycles. The minimum absolute atomic E-state index is 0.225. The highest BCUT2D eigenvalue weighted by Gasteiger charge is 2.34. The topological polar surface area (TPSA) is 59.5 Å². The zero-order valence-corrected chi connectivity index (χ0v) is 13.5. The van der Waals surface area contributed by atoms with Crippen molar-refractivity contribution in [2.24, 2.45) is 0 Å². The number of aromatic nitrogens is 1. The van der Waals surface area contributed by atoms with Crippen LogP contribution < -0.4 is 4.74 Å². The van der Waals surface area contributed by atoms with Crippen LogP contribution in [0.25, 0.3) is 10.8 Å². The predicted molar refractivity (Wildman–Crippen MR) is 93.7 cm³/mol. The highest BCUT2D eigenvalue weighted by molar-refractivity contribution is 6.21. The number of amides is 2. The lowest BCUT2D eigenvalue weighted by atomic mass is 10.1. The molecule has 3 aromatic rings. The smallest absolute Gasteiger partial charge is 0.261 e. The molecule has 4 rings (SSSR count). The quantitative estimate of drug-likeness (QED) is 0.531. The largest absolute Gasteiger partial charge is 0.494 e. The monoisotopic (exact) mass is 332 g/mol. The summed E-state index contributed by atoms with van der Waals surface area (Å²) in [6.07, 6.45) is 4.13. The molecular weight excluding hydrogens is 316 g/mol. The van der Waals surface area contributed by atoms with Crippen LogP contribution in [0.4, 0.5) is 0 Å². The van der Waals surface area contributed by atoms with Crippen LogP contribution in [0.1, 0.15) is 27.1 Å². The molecule has 0 fully saturated rings. The Morgan fingerprint density at radius 2 is 1.68 bits per heavy atom. The van der Waals surface area contributed by atoms with E-state index >= 15 is 0 Å². The number of nitrogens with zero attached hydrogens (tertiary/aromatic N) is 2. The van der Waals surface area contributed by atoms with Crippen molar-refractivity contribution >= 4 is 22.6 Å². The van der Waals surface area contributed by atoms with Gasteiger partial charge in [0.05, 0.1) is 17.7 Å². The van der Waals surface area contributed by atoms with Crippen molar-refractivity contribution in [3.8, 4) is 5.75 Å². The Hall–Kier alpha value is -3.21. The van der Waals surface area contributed by atoms with E-state index in [-0.39, 0.29) is 11.8 Å². The van der Waals surface area contributed by atoms with Crippen LogP contribution in [0.2, 0.25) is 0 Å². The molecule has 0 unspecified atom stereocenters. The molecule has 1 aromatic heterocycles. The van der Waals surface area contributed by atoms with E-state index in [2.05, 4.69) is 4.98 Å². The first-order chi connectivity index (χ1) is 12.2. The summed E-state index contributed by atoms with van der Waals surface area (Å²) >= 11 is 0. The lowest BCUT2D eigenvalue weighted by Crippen LogP contribution is -2.31. The molecule has 1 aliphatic heterocycles. The van der Waals surface area contributed by atoms with Gasteiger partial charge in [-0.25, -0.2) is 0 Å². The van der Waals surface area contributed by atoms with Crippen LogP contribution in [0.3, 0.4) is 0 Å². The Morgan fingerprint density at radius 3 is 2.44 bits per heavy atom. The first-order valence-corrected chi connectivity index (χ1v) is 8.16. The number of benzene rings is 2. The molecule has 0 N–H and O–H groups in total. The van der Waals surface area contributed by atoms with E-state index in [0.29, 0.717) is 30.7 Å². The normalized spacial score (nSPS) is 13.4. The van der Waals surface area contributed by atoms with E-state index in [1.807, 2.05) is 24.3 Å². The van der Waals surface area contributed by atoms with Crippen LogP contribution >= 0.6 is 0 Å². The molecule has 0 radical (unpaired) electrons. The molecule has 124 valence electrons. The molecule has 1 aliphatic rings. The van der Waals surface area contributed by atoms with Crippen molar-refractivity contribution in [1.82, 2.24) is 9.88 Å². The van der Waals surface area contributed by atoms with Crippen LogP contribution in [0.5, 0.6) is 5.75 Å². The second kappa shape index (κ2) is 6.36. The summed E-state index contributed by atoms with van der Waals surface area (Å²) in [5.74, 6) is 0.303. The maximum absolute atomic E-state index is 12.3. The molecule has 0 saturated heterocycles. The summed E-state index contributed by atoms with van der Waals surface area (Å²) in [6.45, 7) is 0.778. The average molecular weight is 332 g/mol. The number of imide groups is 1. The molecule has 0 atom stereocenters. The summed E-state index contributed by atoms with van der Waals surface area (Å²) in [6, 6.07) is 14.7. The van der Waals surface area contributed by atoms with Gasteiger partial charge in [0, 0.05) is 24.3 Å². The van der Waals surface area contributed by atoms with Crippen LogP contribution in [0.15, 0.2) is 60.9 Å². The zero-order chi connectivity index (χ0) is 17.2. The van der Waals surface area contributed by atoms with Crippen LogP contribution in [-0.2, 0) is 0 Å². The molecule has 2 amide bonds. The fraction of sp³-hybridized carbons (Fsp3) is 0.150. The number of rotatable bonds is 5. The third kappa shape index (κ3) is 2.85. The van der Waals surface area contributed by atoms with Gasteiger partial charge in [-0.3, -0.25) is 19.5 Å². The van der Waals surface area contributed by atoms with Gasteiger partial charge < -0.3 is 4.74 Å². The van der Waals surface area contributed by atoms with Gasteiger partial charge in [0.2, 0.25) is 0 Å². The maximum Gasteiger partial charge on any atom is 0.261 e. The fourth-order valence-corrected chi connectivity index (χ4v) is 3.01. The standard InChI is InChI=1S/C20H16N2O3/c23-19-17-4-1-2-5-18(17)20(24)22(19)10-3-11-25-16-7-6-14-8-9-21-13-15(14)12-16/h1-2,4-9,12-13H,3,10-11H2. The van der Waals surface area contributed by atoms with E-state index in [1.165, 1.54) is 4.90 Å². The van der Waals surface area contributed by atoms with Gasteiger partial charge in [-0.05, 0) is 42.1 Å². The summed E-state index contributed by atoms with van der Waals surface area (Å²) in [5.41, 5.74) is 0.964. The third-order valence-electron chi connectivity index (χ3n) is 4.29. The third-order valence-corrected chi connectivity index (χ3v) is 4.29. The minimum Gasteiger partial charge on any atom is -0.494 e. The van der Waals surface area contributed by atoms with E-state index in [0.717, 1.165) is 16.5 Å². The van der Waals surface area contributed by atoms with Gasteiger partial charge in [0.15, 0.2) is 0 Å². The van der Waals surface area contributed by atoms with Crippen molar-refractivity contribution in [3.05, 3.63) is 72.1 Å². The van der Waals surface area contributed by atoms with E-state index in [4.69, 9.17) is 4.74 Å². The van der Waals surface area contributed by atoms with Gasteiger partial charge >= 0.3 is 0 Å². The van der Waals surface area contributed by atoms with Gasteiger partial charge in [-0.15, -0.1) is 0 Å². The highest BCUT2D eigenvalue weighted by Crippen LogP contribution is 2.23. The molecule has 2 heterocycles. The fourth-order valence-electron chi connectivity index (χ4n) is 3.01. The molecule has 0 saturated carbocycles. The van der Waals surface area contributed by atoms with Crippen molar-refractivity contribution in [2.45, 2.75) is 6.42 Å². The highest BCUT2D eigenvalue weighted by atomic mass is 16.5. The Bertz CT molecular complexity index is 933. The van der Waals surface area contributed by atoms with Crippen molar-refractivity contribution in [1.29, 1.82) is 0 Å². The molecule has 0 spiro atoms.